The van der Waals surface area contributed by atoms with Crippen LogP contribution in [0.2, 0.25) is 0 Å². The highest BCUT2D eigenvalue weighted by molar-refractivity contribution is 7.48. The lowest BCUT2D eigenvalue weighted by atomic mass is 9.89. The molecule has 1 aromatic heterocycles. The van der Waals surface area contributed by atoms with Crippen LogP contribution in [0.4, 0.5) is 5.69 Å². The molecule has 4 unspecified atom stereocenters. The first-order chi connectivity index (χ1) is 40.8. The number of nitrogens with one attached hydrogen (secondary N) is 2. The smallest absolute Gasteiger partial charge is 0.475 e. The number of carbonyl (C=O) groups excluding carboxylic acids is 4. The summed E-state index contributed by atoms with van der Waals surface area (Å²) < 4.78 is 83.6. The van der Waals surface area contributed by atoms with Gasteiger partial charge in [0.1, 0.15) is 67.0 Å². The molecule has 4 heterocycles. The number of ketones is 1. The number of aliphatic hydroxyl groups is 1. The summed E-state index contributed by atoms with van der Waals surface area (Å²) in [5.74, 6) is -2.89. The Labute approximate surface area is 482 Å². The zero-order valence-corrected chi connectivity index (χ0v) is 48.0. The highest BCUT2D eigenvalue weighted by Gasteiger charge is 2.51. The van der Waals surface area contributed by atoms with Gasteiger partial charge in [-0.1, -0.05) is 19.1 Å². The van der Waals surface area contributed by atoms with E-state index < -0.39 is 109 Å². The third-order valence-corrected chi connectivity index (χ3v) is 15.7. The van der Waals surface area contributed by atoms with Gasteiger partial charge in [-0.05, 0) is 60.5 Å². The SMILES string of the molecule is [3H]O[C@@H]1C(OP(=O)(OCCC#N)OCC(COCCCNC(=O)c2ccc(C(=O)O)c(-c3c4ccc(=[N+](C)C)cc-4oc4cc(N(C)C)ccc34)c2)OC(=O)CCC(=O)CC)[C@H](n2ccc(=O)[nH]c2=O)O[C@@H]1COP1OC(=O)c2ccccc2O1. The molecule has 0 spiro atoms. The summed E-state index contributed by atoms with van der Waals surface area (Å²) in [6.07, 6.45) is -7.26. The Hall–Kier alpha value is -7.95. The molecular formula is C56H61N6O20P2+. The number of H-pyrrole nitrogens is 1. The summed E-state index contributed by atoms with van der Waals surface area (Å²) in [5.41, 5.74) is 1.23. The Morgan fingerprint density at radius 2 is 1.77 bits per heavy atom. The molecule has 1 aliphatic carbocycles. The zero-order valence-electron chi connectivity index (χ0n) is 47.2. The molecule has 4 aliphatic rings. The van der Waals surface area contributed by atoms with E-state index in [2.05, 4.69) is 10.3 Å². The molecule has 3 aliphatic heterocycles. The van der Waals surface area contributed by atoms with Crippen LogP contribution >= 0.6 is 16.4 Å². The second-order valence-electron chi connectivity index (χ2n) is 19.5. The van der Waals surface area contributed by atoms with E-state index in [9.17, 15) is 48.5 Å². The summed E-state index contributed by atoms with van der Waals surface area (Å²) in [6.45, 7) is -0.684. The number of carboxylic acid groups (broad SMARTS) is 1. The normalized spacial score (nSPS) is 18.5. The number of rotatable bonds is 28. The molecule has 0 radical (unpaired) electrons. The van der Waals surface area contributed by atoms with Crippen molar-refractivity contribution >= 4 is 62.7 Å². The number of nitriles is 1. The van der Waals surface area contributed by atoms with Crippen molar-refractivity contribution in [3.8, 4) is 34.3 Å². The first kappa shape index (κ1) is 60.6. The molecule has 8 rings (SSSR count). The Balaban J connectivity index is 0.965. The van der Waals surface area contributed by atoms with Crippen molar-refractivity contribution < 1.29 is 84.5 Å². The number of fused-ring (bicyclic) bond motifs is 3. The van der Waals surface area contributed by atoms with Gasteiger partial charge in [0, 0.05) is 92.2 Å². The van der Waals surface area contributed by atoms with Gasteiger partial charge in [-0.2, -0.15) is 5.26 Å². The Bertz CT molecular complexity index is 3710. The lowest BCUT2D eigenvalue weighted by Crippen LogP contribution is -2.39. The lowest BCUT2D eigenvalue weighted by Gasteiger charge is -2.27. The van der Waals surface area contributed by atoms with Crippen molar-refractivity contribution in [1.29, 1.82) is 6.69 Å². The van der Waals surface area contributed by atoms with Gasteiger partial charge in [-0.25, -0.2) is 23.5 Å². The van der Waals surface area contributed by atoms with Gasteiger partial charge in [-0.15, -0.1) is 0 Å². The van der Waals surface area contributed by atoms with Gasteiger partial charge in [0.25, 0.3) is 11.5 Å². The molecule has 3 aromatic carbocycles. The molecule has 7 atom stereocenters. The fourth-order valence-corrected chi connectivity index (χ4v) is 11.2. The van der Waals surface area contributed by atoms with E-state index in [0.29, 0.717) is 27.9 Å². The van der Waals surface area contributed by atoms with Gasteiger partial charge >= 0.3 is 40.0 Å². The molecular weight excluding hydrogens is 1140 g/mol. The van der Waals surface area contributed by atoms with E-state index >= 15 is 0 Å². The third-order valence-electron chi connectivity index (χ3n) is 13.2. The third kappa shape index (κ3) is 15.2. The minimum Gasteiger partial charge on any atom is -0.478 e. The number of Topliss-reactive ketones (excluding diaryl/α,β-unsaturated/α-hetero) is 1. The molecule has 0 saturated carbocycles. The number of esters is 1. The number of aliphatic hydroxyl groups excluding tert-OH is 1. The number of phosphoric acid groups is 1. The van der Waals surface area contributed by atoms with Gasteiger partial charge in [0.2, 0.25) is 6.79 Å². The maximum atomic E-state index is 14.8. The van der Waals surface area contributed by atoms with Crippen LogP contribution in [0.25, 0.3) is 33.4 Å². The molecule has 1 amide bonds. The second-order valence-corrected chi connectivity index (χ2v) is 22.2. The van der Waals surface area contributed by atoms with Crippen LogP contribution in [-0.2, 0) is 51.0 Å². The fourth-order valence-electron chi connectivity index (χ4n) is 8.81. The molecule has 4 N–H and O–H groups in total. The molecule has 1 saturated heterocycles. The number of aromatic carboxylic acids is 1. The van der Waals surface area contributed by atoms with Crippen LogP contribution in [-0.4, -0.2) is 143 Å². The molecule has 0 bridgehead atoms. The number of para-hydroxylation sites is 1. The van der Waals surface area contributed by atoms with Crippen LogP contribution < -0.4 is 35.9 Å². The average Bonchev–Trinajstić information content (AvgIpc) is 1.15. The largest absolute Gasteiger partial charge is 0.478 e. The Morgan fingerprint density at radius 3 is 2.51 bits per heavy atom. The predicted molar refractivity (Wildman–Crippen MR) is 300 cm³/mol. The van der Waals surface area contributed by atoms with Crippen molar-refractivity contribution in [3.63, 3.8) is 0 Å². The van der Waals surface area contributed by atoms with E-state index in [4.69, 9.17) is 52.3 Å². The fraction of sp³-hybridized carbons (Fsp3) is 0.375. The van der Waals surface area contributed by atoms with Crippen molar-refractivity contribution in [1.82, 2.24) is 19.4 Å². The van der Waals surface area contributed by atoms with Gasteiger partial charge in [0.15, 0.2) is 6.23 Å². The van der Waals surface area contributed by atoms with E-state index in [-0.39, 0.29) is 79.0 Å². The topological polar surface area (TPSA) is 336 Å². The predicted octanol–water partition coefficient (Wildman–Crippen LogP) is 5.55. The summed E-state index contributed by atoms with van der Waals surface area (Å²) >= 11 is 0. The molecule has 28 heteroatoms. The zero-order chi connectivity index (χ0) is 61.0. The lowest BCUT2D eigenvalue weighted by molar-refractivity contribution is -0.155. The van der Waals surface area contributed by atoms with Crippen molar-refractivity contribution in [2.75, 3.05) is 72.7 Å². The van der Waals surface area contributed by atoms with Crippen LogP contribution in [0.5, 0.6) is 5.75 Å². The standard InChI is InChI=1S/C56H60N6O20P2/c1-6-36(63)16-20-48(65)77-37(30-73-25-10-23-58-52(67)33-13-17-38(54(68)69)42(27-33)49-39-18-14-34(60(2)3)28-44(39)78-45-29-35(61(4)5)15-19-40(45)49)31-76-84(72,75-26-9-22-57)82-51-50(66)46(79-53(51)62-24-21-47(64)59-56(62)71)32-74-83-80-43-12-8-7-11-41(43)55(70)81-83/h7-8,11-15,17-19,21,24,27-29,37,46,50-51,53,66H,6,9-10,16,20,23,25-26,30-32H2,1-5H3,(H2-,58,59,64,67,68,69,71)/p+1/t37?,46-,50+,51?,53-,83?,84?/m1/s1/i66T. The summed E-state index contributed by atoms with van der Waals surface area (Å²) in [7, 11) is 0.114. The van der Waals surface area contributed by atoms with Crippen LogP contribution in [0.3, 0.4) is 0 Å². The number of amides is 1. The number of aromatic amines is 1. The Kier molecular flexibility index (Phi) is 20.3. The quantitative estimate of drug-likeness (QED) is 0.0154. The average molecular weight is 1200 g/mol. The van der Waals surface area contributed by atoms with Crippen LogP contribution in [0.1, 0.15) is 76.3 Å². The van der Waals surface area contributed by atoms with E-state index in [1.165, 1.54) is 30.3 Å². The molecule has 84 heavy (non-hydrogen) atoms. The van der Waals surface area contributed by atoms with E-state index in [1.54, 1.807) is 19.1 Å². The van der Waals surface area contributed by atoms with Crippen LogP contribution in [0, 0.1) is 11.3 Å². The van der Waals surface area contributed by atoms with E-state index in [0.717, 1.165) is 27.9 Å². The second kappa shape index (κ2) is 28.1. The highest BCUT2D eigenvalue weighted by Crippen LogP contribution is 2.55. The van der Waals surface area contributed by atoms with Gasteiger partial charge in [0.05, 0.1) is 57.0 Å². The first-order valence-corrected chi connectivity index (χ1v) is 28.9. The number of aromatic nitrogens is 2. The minimum absolute atomic E-state index is 0.0451. The maximum absolute atomic E-state index is 14.8. The molecule has 4 aromatic rings. The first-order valence-electron chi connectivity index (χ1n) is 26.8. The van der Waals surface area contributed by atoms with Gasteiger partial charge in [-0.3, -0.25) is 46.8 Å². The molecule has 444 valence electrons. The number of nitrogens with zero attached hydrogens (tertiary/aromatic N) is 4. The number of carbonyl (C=O) groups is 5. The number of phosphoric ester groups is 1. The maximum Gasteiger partial charge on any atom is 0.475 e. The number of hydrogen-bond donors (Lipinski definition) is 4. The number of carboxylic acids is 1. The monoisotopic (exact) mass is 1200 g/mol. The van der Waals surface area contributed by atoms with Crippen LogP contribution in [0.15, 0.2) is 105 Å². The number of anilines is 1. The Morgan fingerprint density at radius 1 is 0.964 bits per heavy atom. The van der Waals surface area contributed by atoms with E-state index in [1.807, 2.05) is 80.1 Å². The summed E-state index contributed by atoms with van der Waals surface area (Å²) in [6, 6.07) is 24.5. The summed E-state index contributed by atoms with van der Waals surface area (Å²) in [5, 5.41) is 29.1. The molecule has 1 fully saturated rings. The summed E-state index contributed by atoms with van der Waals surface area (Å²) in [4.78, 5) is 93.9. The highest BCUT2D eigenvalue weighted by atomic mass is 31.2. The van der Waals surface area contributed by atoms with Crippen molar-refractivity contribution in [3.05, 3.63) is 134 Å². The van der Waals surface area contributed by atoms with Crippen molar-refractivity contribution in [2.24, 2.45) is 0 Å². The number of ether oxygens (including phenoxy) is 3. The minimum atomic E-state index is -5.04. The van der Waals surface area contributed by atoms with Gasteiger partial charge < -0.3 is 48.1 Å². The number of hydrogen-bond acceptors (Lipinski definition) is 21. The van der Waals surface area contributed by atoms with Crippen molar-refractivity contribution in [2.45, 2.75) is 69.7 Å². The molecule has 26 nitrogen and oxygen atoms in total. The number of benzene rings is 4.